The molecule has 0 saturated heterocycles. The van der Waals surface area contributed by atoms with Crippen LogP contribution in [-0.2, 0) is 0 Å². The van der Waals surface area contributed by atoms with Gasteiger partial charge in [0.15, 0.2) is 0 Å². The molecule has 0 spiro atoms. The summed E-state index contributed by atoms with van der Waals surface area (Å²) in [7, 11) is 0. The van der Waals surface area contributed by atoms with E-state index in [1.165, 1.54) is 0 Å². The van der Waals surface area contributed by atoms with Gasteiger partial charge in [0.1, 0.15) is 11.0 Å². The van der Waals surface area contributed by atoms with Gasteiger partial charge in [-0.2, -0.15) is 0 Å². The van der Waals surface area contributed by atoms with Crippen LogP contribution < -0.4 is 10.6 Å². The fourth-order valence-corrected chi connectivity index (χ4v) is 1.77. The maximum absolute atomic E-state index is 12.0. The number of carbonyl (C=O) groups excluding carboxylic acids is 1. The molecule has 1 aliphatic carbocycles. The molecule has 5 heteroatoms. The SMILES string of the molecule is CCNc1cc(C(=O)NC2(C)CC2)cc(Cl)n1. The predicted molar refractivity (Wildman–Crippen MR) is 68.5 cm³/mol. The molecule has 1 amide bonds. The Morgan fingerprint density at radius 1 is 1.53 bits per heavy atom. The summed E-state index contributed by atoms with van der Waals surface area (Å²) in [5.41, 5.74) is 0.527. The number of anilines is 1. The molecule has 0 unspecified atom stereocenters. The molecule has 1 aromatic heterocycles. The number of nitrogens with one attached hydrogen (secondary N) is 2. The highest BCUT2D eigenvalue weighted by atomic mass is 35.5. The van der Waals surface area contributed by atoms with Crippen molar-refractivity contribution < 1.29 is 4.79 Å². The third kappa shape index (κ3) is 3.09. The van der Waals surface area contributed by atoms with Gasteiger partial charge in [-0.3, -0.25) is 4.79 Å². The van der Waals surface area contributed by atoms with Gasteiger partial charge in [-0.05, 0) is 38.8 Å². The van der Waals surface area contributed by atoms with E-state index in [0.717, 1.165) is 19.4 Å². The monoisotopic (exact) mass is 253 g/mol. The number of amides is 1. The fourth-order valence-electron chi connectivity index (χ4n) is 1.56. The molecule has 1 aromatic rings. The van der Waals surface area contributed by atoms with Gasteiger partial charge >= 0.3 is 0 Å². The van der Waals surface area contributed by atoms with Gasteiger partial charge in [0.05, 0.1) is 0 Å². The largest absolute Gasteiger partial charge is 0.370 e. The normalized spacial score (nSPS) is 16.4. The van der Waals surface area contributed by atoms with E-state index in [4.69, 9.17) is 11.6 Å². The lowest BCUT2D eigenvalue weighted by atomic mass is 10.2. The topological polar surface area (TPSA) is 54.0 Å². The fraction of sp³-hybridized carbons (Fsp3) is 0.500. The molecule has 17 heavy (non-hydrogen) atoms. The van der Waals surface area contributed by atoms with Gasteiger partial charge < -0.3 is 10.6 Å². The standard InChI is InChI=1S/C12H16ClN3O/c1-3-14-10-7-8(6-9(13)15-10)11(17)16-12(2)4-5-12/h6-7H,3-5H2,1-2H3,(H,14,15)(H,16,17). The highest BCUT2D eigenvalue weighted by Gasteiger charge is 2.38. The zero-order valence-corrected chi connectivity index (χ0v) is 10.8. The lowest BCUT2D eigenvalue weighted by Gasteiger charge is -2.12. The van der Waals surface area contributed by atoms with Crippen molar-refractivity contribution in [1.82, 2.24) is 10.3 Å². The first kappa shape index (κ1) is 12.2. The molecule has 0 aliphatic heterocycles. The summed E-state index contributed by atoms with van der Waals surface area (Å²) < 4.78 is 0. The van der Waals surface area contributed by atoms with Crippen LogP contribution in [0.2, 0.25) is 5.15 Å². The van der Waals surface area contributed by atoms with Crippen LogP contribution in [0.3, 0.4) is 0 Å². The Morgan fingerprint density at radius 2 is 2.24 bits per heavy atom. The van der Waals surface area contributed by atoms with Crippen molar-refractivity contribution in [2.75, 3.05) is 11.9 Å². The summed E-state index contributed by atoms with van der Waals surface area (Å²) in [4.78, 5) is 16.1. The zero-order chi connectivity index (χ0) is 12.5. The van der Waals surface area contributed by atoms with Gasteiger partial charge in [-0.1, -0.05) is 11.6 Å². The first-order chi connectivity index (χ1) is 8.02. The van der Waals surface area contributed by atoms with Gasteiger partial charge in [-0.15, -0.1) is 0 Å². The molecule has 0 bridgehead atoms. The molecule has 0 atom stereocenters. The summed E-state index contributed by atoms with van der Waals surface area (Å²) in [5, 5.41) is 6.36. The molecule has 2 N–H and O–H groups in total. The summed E-state index contributed by atoms with van der Waals surface area (Å²) in [5.74, 6) is 0.541. The minimum absolute atomic E-state index is 0.0226. The maximum Gasteiger partial charge on any atom is 0.251 e. The molecule has 1 fully saturated rings. The van der Waals surface area contributed by atoms with Gasteiger partial charge in [-0.25, -0.2) is 4.98 Å². The molecule has 0 aromatic carbocycles. The van der Waals surface area contributed by atoms with E-state index in [-0.39, 0.29) is 11.4 Å². The summed E-state index contributed by atoms with van der Waals surface area (Å²) in [6.45, 7) is 4.75. The van der Waals surface area contributed by atoms with E-state index in [0.29, 0.717) is 16.5 Å². The minimum atomic E-state index is -0.0894. The van der Waals surface area contributed by atoms with Gasteiger partial charge in [0, 0.05) is 17.6 Å². The average molecular weight is 254 g/mol. The van der Waals surface area contributed by atoms with Crippen LogP contribution in [0.15, 0.2) is 12.1 Å². The van der Waals surface area contributed by atoms with Crippen LogP contribution in [-0.4, -0.2) is 23.0 Å². The molecule has 1 aliphatic rings. The Balaban J connectivity index is 2.16. The second-order valence-electron chi connectivity index (χ2n) is 4.61. The van der Waals surface area contributed by atoms with Crippen molar-refractivity contribution in [1.29, 1.82) is 0 Å². The number of hydrogen-bond acceptors (Lipinski definition) is 3. The molecular formula is C12H16ClN3O. The van der Waals surface area contributed by atoms with Crippen molar-refractivity contribution in [3.8, 4) is 0 Å². The van der Waals surface area contributed by atoms with Gasteiger partial charge in [0.25, 0.3) is 5.91 Å². The molecule has 92 valence electrons. The molecule has 4 nitrogen and oxygen atoms in total. The van der Waals surface area contributed by atoms with E-state index in [1.54, 1.807) is 12.1 Å². The average Bonchev–Trinajstić information content (AvgIpc) is 2.95. The molecule has 1 heterocycles. The molecule has 2 rings (SSSR count). The second kappa shape index (κ2) is 4.53. The molecule has 0 radical (unpaired) electrons. The van der Waals surface area contributed by atoms with Gasteiger partial charge in [0.2, 0.25) is 0 Å². The molecular weight excluding hydrogens is 238 g/mol. The number of hydrogen-bond donors (Lipinski definition) is 2. The highest BCUT2D eigenvalue weighted by Crippen LogP contribution is 2.34. The smallest absolute Gasteiger partial charge is 0.251 e. The van der Waals surface area contributed by atoms with Crippen molar-refractivity contribution in [3.05, 3.63) is 22.8 Å². The quantitative estimate of drug-likeness (QED) is 0.811. The second-order valence-corrected chi connectivity index (χ2v) is 5.00. The minimum Gasteiger partial charge on any atom is -0.370 e. The lowest BCUT2D eigenvalue weighted by Crippen LogP contribution is -2.34. The van der Waals surface area contributed by atoms with E-state index < -0.39 is 0 Å². The van der Waals surface area contributed by atoms with E-state index in [9.17, 15) is 4.79 Å². The number of halogens is 1. The summed E-state index contributed by atoms with van der Waals surface area (Å²) in [6, 6.07) is 3.31. The zero-order valence-electron chi connectivity index (χ0n) is 10.0. The van der Waals surface area contributed by atoms with Crippen LogP contribution >= 0.6 is 11.6 Å². The van der Waals surface area contributed by atoms with E-state index in [1.807, 2.05) is 13.8 Å². The molecule has 1 saturated carbocycles. The number of carbonyl (C=O) groups is 1. The van der Waals surface area contributed by atoms with Crippen LogP contribution in [0.25, 0.3) is 0 Å². The number of nitrogens with zero attached hydrogens (tertiary/aromatic N) is 1. The van der Waals surface area contributed by atoms with Crippen LogP contribution in [0.4, 0.5) is 5.82 Å². The summed E-state index contributed by atoms with van der Waals surface area (Å²) >= 11 is 5.89. The Hall–Kier alpha value is -1.29. The first-order valence-electron chi connectivity index (χ1n) is 5.76. The van der Waals surface area contributed by atoms with Crippen molar-refractivity contribution in [2.45, 2.75) is 32.2 Å². The van der Waals surface area contributed by atoms with Crippen molar-refractivity contribution >= 4 is 23.3 Å². The predicted octanol–water partition coefficient (Wildman–Crippen LogP) is 2.45. The number of aromatic nitrogens is 1. The summed E-state index contributed by atoms with van der Waals surface area (Å²) in [6.07, 6.45) is 2.08. The highest BCUT2D eigenvalue weighted by molar-refractivity contribution is 6.29. The Labute approximate surface area is 106 Å². The van der Waals surface area contributed by atoms with Crippen LogP contribution in [0.1, 0.15) is 37.0 Å². The van der Waals surface area contributed by atoms with Crippen LogP contribution in [0.5, 0.6) is 0 Å². The van der Waals surface area contributed by atoms with Crippen molar-refractivity contribution in [3.63, 3.8) is 0 Å². The Kier molecular flexibility index (Phi) is 3.24. The number of pyridine rings is 1. The Bertz CT molecular complexity index is 443. The van der Waals surface area contributed by atoms with Crippen molar-refractivity contribution in [2.24, 2.45) is 0 Å². The third-order valence-corrected chi connectivity index (χ3v) is 3.02. The first-order valence-corrected chi connectivity index (χ1v) is 6.14. The Morgan fingerprint density at radius 3 is 2.82 bits per heavy atom. The third-order valence-electron chi connectivity index (χ3n) is 2.83. The van der Waals surface area contributed by atoms with E-state index in [2.05, 4.69) is 15.6 Å². The van der Waals surface area contributed by atoms with Crippen LogP contribution in [0, 0.1) is 0 Å². The van der Waals surface area contributed by atoms with E-state index >= 15 is 0 Å². The lowest BCUT2D eigenvalue weighted by molar-refractivity contribution is 0.0935. The number of rotatable bonds is 4. The maximum atomic E-state index is 12.0.